The molecule has 4 heteroatoms. The first-order chi connectivity index (χ1) is 6.06. The molecule has 1 rings (SSSR count). The van der Waals surface area contributed by atoms with Crippen molar-refractivity contribution in [2.45, 2.75) is 33.1 Å². The number of hydrogen-bond acceptors (Lipinski definition) is 2. The Balaban J connectivity index is 3.13. The highest BCUT2D eigenvalue weighted by molar-refractivity contribution is 6.29. The molecule has 1 heterocycles. The second-order valence-corrected chi connectivity index (χ2v) is 3.44. The standard InChI is InChI=1S/C9H12ClFN2/c1-4-5(2)9-12-6(3)7(11)8(10)13-9/h5H,4H2,1-3H3. The Labute approximate surface area is 82.2 Å². The molecule has 0 N–H and O–H groups in total. The number of hydrogen-bond donors (Lipinski definition) is 0. The SMILES string of the molecule is CCC(C)c1nc(C)c(F)c(Cl)n1. The maximum absolute atomic E-state index is 13.0. The van der Waals surface area contributed by atoms with Crippen molar-refractivity contribution in [1.82, 2.24) is 9.97 Å². The monoisotopic (exact) mass is 202 g/mol. The van der Waals surface area contributed by atoms with Gasteiger partial charge in [0, 0.05) is 5.92 Å². The predicted molar refractivity (Wildman–Crippen MR) is 50.4 cm³/mol. The van der Waals surface area contributed by atoms with Gasteiger partial charge in [-0.3, -0.25) is 0 Å². The van der Waals surface area contributed by atoms with Gasteiger partial charge < -0.3 is 0 Å². The number of nitrogens with zero attached hydrogens (tertiary/aromatic N) is 2. The summed E-state index contributed by atoms with van der Waals surface area (Å²) in [4.78, 5) is 7.92. The van der Waals surface area contributed by atoms with Crippen molar-refractivity contribution in [3.05, 3.63) is 22.5 Å². The van der Waals surface area contributed by atoms with E-state index in [1.165, 1.54) is 0 Å². The summed E-state index contributed by atoms with van der Waals surface area (Å²) in [6.07, 6.45) is 0.918. The van der Waals surface area contributed by atoms with Crippen LogP contribution in [0.5, 0.6) is 0 Å². The lowest BCUT2D eigenvalue weighted by molar-refractivity contribution is 0.584. The van der Waals surface area contributed by atoms with E-state index in [2.05, 4.69) is 9.97 Å². The summed E-state index contributed by atoms with van der Waals surface area (Å²) < 4.78 is 13.0. The third-order valence-corrected chi connectivity index (χ3v) is 2.30. The topological polar surface area (TPSA) is 25.8 Å². The van der Waals surface area contributed by atoms with E-state index >= 15 is 0 Å². The molecular weight excluding hydrogens is 191 g/mol. The van der Waals surface area contributed by atoms with Crippen molar-refractivity contribution in [3.63, 3.8) is 0 Å². The highest BCUT2D eigenvalue weighted by Gasteiger charge is 2.12. The maximum atomic E-state index is 13.0. The zero-order valence-corrected chi connectivity index (χ0v) is 8.69. The van der Waals surface area contributed by atoms with Crippen LogP contribution in [0.25, 0.3) is 0 Å². The van der Waals surface area contributed by atoms with Crippen LogP contribution < -0.4 is 0 Å². The molecule has 0 aliphatic heterocycles. The Morgan fingerprint density at radius 2 is 2.08 bits per heavy atom. The second kappa shape index (κ2) is 4.01. The van der Waals surface area contributed by atoms with Gasteiger partial charge in [0.2, 0.25) is 0 Å². The van der Waals surface area contributed by atoms with Gasteiger partial charge in [0.15, 0.2) is 11.0 Å². The van der Waals surface area contributed by atoms with Crippen LogP contribution in [0, 0.1) is 12.7 Å². The number of aryl methyl sites for hydroxylation is 1. The van der Waals surface area contributed by atoms with Crippen LogP contribution in [0.15, 0.2) is 0 Å². The average Bonchev–Trinajstić information content (AvgIpc) is 2.12. The molecule has 1 unspecified atom stereocenters. The van der Waals surface area contributed by atoms with Gasteiger partial charge in [-0.1, -0.05) is 25.4 Å². The lowest BCUT2D eigenvalue weighted by atomic mass is 10.1. The quantitative estimate of drug-likeness (QED) is 0.689. The van der Waals surface area contributed by atoms with Crippen molar-refractivity contribution >= 4 is 11.6 Å². The Kier molecular flexibility index (Phi) is 3.20. The normalized spacial score (nSPS) is 13.0. The molecule has 1 atom stereocenters. The van der Waals surface area contributed by atoms with Crippen molar-refractivity contribution in [1.29, 1.82) is 0 Å². The summed E-state index contributed by atoms with van der Waals surface area (Å²) in [5.74, 6) is 0.317. The largest absolute Gasteiger partial charge is 0.235 e. The minimum Gasteiger partial charge on any atom is -0.235 e. The van der Waals surface area contributed by atoms with Crippen molar-refractivity contribution in [3.8, 4) is 0 Å². The molecule has 0 saturated carbocycles. The van der Waals surface area contributed by atoms with Gasteiger partial charge >= 0.3 is 0 Å². The van der Waals surface area contributed by atoms with Crippen LogP contribution in [0.3, 0.4) is 0 Å². The van der Waals surface area contributed by atoms with Gasteiger partial charge in [-0.2, -0.15) is 0 Å². The fourth-order valence-corrected chi connectivity index (χ4v) is 1.17. The zero-order valence-electron chi connectivity index (χ0n) is 7.93. The molecule has 1 aromatic heterocycles. The maximum Gasteiger partial charge on any atom is 0.181 e. The lowest BCUT2D eigenvalue weighted by Gasteiger charge is -2.08. The first-order valence-corrected chi connectivity index (χ1v) is 4.63. The van der Waals surface area contributed by atoms with E-state index in [0.717, 1.165) is 6.42 Å². The molecule has 0 aliphatic rings. The van der Waals surface area contributed by atoms with Gasteiger partial charge in [0.1, 0.15) is 5.82 Å². The lowest BCUT2D eigenvalue weighted by Crippen LogP contribution is -2.04. The van der Waals surface area contributed by atoms with E-state index in [9.17, 15) is 4.39 Å². The van der Waals surface area contributed by atoms with E-state index in [-0.39, 0.29) is 11.1 Å². The summed E-state index contributed by atoms with van der Waals surface area (Å²) in [6.45, 7) is 5.61. The van der Waals surface area contributed by atoms with Gasteiger partial charge in [0.25, 0.3) is 0 Å². The number of halogens is 2. The molecule has 0 fully saturated rings. The van der Waals surface area contributed by atoms with Crippen LogP contribution in [0.4, 0.5) is 4.39 Å². The third kappa shape index (κ3) is 2.15. The van der Waals surface area contributed by atoms with Crippen LogP contribution >= 0.6 is 11.6 Å². The van der Waals surface area contributed by atoms with Crippen molar-refractivity contribution < 1.29 is 4.39 Å². The van der Waals surface area contributed by atoms with Crippen molar-refractivity contribution in [2.75, 3.05) is 0 Å². The number of rotatable bonds is 2. The predicted octanol–water partition coefficient (Wildman–Crippen LogP) is 3.09. The third-order valence-electron chi connectivity index (χ3n) is 2.05. The summed E-state index contributed by atoms with van der Waals surface area (Å²) in [7, 11) is 0. The fraction of sp³-hybridized carbons (Fsp3) is 0.556. The minimum atomic E-state index is -0.520. The molecular formula is C9H12ClFN2. The molecule has 2 nitrogen and oxygen atoms in total. The fourth-order valence-electron chi connectivity index (χ4n) is 0.948. The van der Waals surface area contributed by atoms with Crippen LogP contribution in [-0.2, 0) is 0 Å². The molecule has 0 amide bonds. The first-order valence-electron chi connectivity index (χ1n) is 4.25. The molecule has 0 aliphatic carbocycles. The molecule has 0 radical (unpaired) electrons. The van der Waals surface area contributed by atoms with Gasteiger partial charge in [-0.15, -0.1) is 0 Å². The van der Waals surface area contributed by atoms with E-state index in [4.69, 9.17) is 11.6 Å². The van der Waals surface area contributed by atoms with Crippen LogP contribution in [0.1, 0.15) is 37.7 Å². The summed E-state index contributed by atoms with van der Waals surface area (Å²) in [5, 5.41) is -0.0807. The number of aromatic nitrogens is 2. The molecule has 0 aromatic carbocycles. The zero-order chi connectivity index (χ0) is 10.0. The molecule has 13 heavy (non-hydrogen) atoms. The summed E-state index contributed by atoms with van der Waals surface area (Å²) in [5.41, 5.74) is 0.315. The molecule has 72 valence electrons. The van der Waals surface area contributed by atoms with Gasteiger partial charge in [0.05, 0.1) is 5.69 Å². The Bertz CT molecular complexity index is 291. The average molecular weight is 203 g/mol. The summed E-state index contributed by atoms with van der Waals surface area (Å²) >= 11 is 5.59. The van der Waals surface area contributed by atoms with E-state index in [0.29, 0.717) is 11.5 Å². The minimum absolute atomic E-state index is 0.0807. The van der Waals surface area contributed by atoms with Gasteiger partial charge in [-0.25, -0.2) is 14.4 Å². The molecule has 0 spiro atoms. The van der Waals surface area contributed by atoms with E-state index in [1.807, 2.05) is 13.8 Å². The highest BCUT2D eigenvalue weighted by Crippen LogP contribution is 2.19. The van der Waals surface area contributed by atoms with Crippen LogP contribution in [0.2, 0.25) is 5.15 Å². The Morgan fingerprint density at radius 3 is 2.54 bits per heavy atom. The molecule has 0 saturated heterocycles. The van der Waals surface area contributed by atoms with E-state index < -0.39 is 5.82 Å². The van der Waals surface area contributed by atoms with E-state index in [1.54, 1.807) is 6.92 Å². The van der Waals surface area contributed by atoms with Crippen LogP contribution in [-0.4, -0.2) is 9.97 Å². The summed E-state index contributed by atoms with van der Waals surface area (Å²) in [6, 6.07) is 0. The van der Waals surface area contributed by atoms with Crippen molar-refractivity contribution in [2.24, 2.45) is 0 Å². The first kappa shape index (κ1) is 10.4. The smallest absolute Gasteiger partial charge is 0.181 e. The van der Waals surface area contributed by atoms with Gasteiger partial charge in [-0.05, 0) is 13.3 Å². The molecule has 0 bridgehead atoms. The highest BCUT2D eigenvalue weighted by atomic mass is 35.5. The molecule has 1 aromatic rings. The Hall–Kier alpha value is -0.700. The second-order valence-electron chi connectivity index (χ2n) is 3.08. The Morgan fingerprint density at radius 1 is 1.46 bits per heavy atom.